The average Bonchev–Trinajstić information content (AvgIpc) is 2.87. The van der Waals surface area contributed by atoms with Gasteiger partial charge in [-0.3, -0.25) is 9.89 Å². The van der Waals surface area contributed by atoms with Crippen LogP contribution in [0, 0.1) is 6.92 Å². The highest BCUT2D eigenvalue weighted by atomic mass is 16.2. The average molecular weight is 258 g/mol. The van der Waals surface area contributed by atoms with Crippen molar-refractivity contribution in [2.24, 2.45) is 0 Å². The number of aryl methyl sites for hydroxylation is 1. The van der Waals surface area contributed by atoms with E-state index < -0.39 is 0 Å². The number of unbranched alkanes of at least 4 members (excludes halogenated alkanes) is 1. The van der Waals surface area contributed by atoms with E-state index in [1.807, 2.05) is 30.3 Å². The normalized spacial score (nSPS) is 10.4. The number of amides is 1. The van der Waals surface area contributed by atoms with Crippen LogP contribution in [0.1, 0.15) is 36.2 Å². The molecule has 0 aliphatic heterocycles. The van der Waals surface area contributed by atoms with Gasteiger partial charge in [0.2, 0.25) is 5.82 Å². The maximum absolute atomic E-state index is 12.4. The van der Waals surface area contributed by atoms with Crippen LogP contribution in [0.5, 0.6) is 0 Å². The fourth-order valence-corrected chi connectivity index (χ4v) is 1.83. The van der Waals surface area contributed by atoms with Crippen LogP contribution in [0.4, 0.5) is 5.69 Å². The summed E-state index contributed by atoms with van der Waals surface area (Å²) >= 11 is 0. The highest BCUT2D eigenvalue weighted by Crippen LogP contribution is 2.16. The van der Waals surface area contributed by atoms with Crippen LogP contribution in [0.3, 0.4) is 0 Å². The van der Waals surface area contributed by atoms with Gasteiger partial charge < -0.3 is 4.90 Å². The van der Waals surface area contributed by atoms with Crippen LogP contribution in [0.2, 0.25) is 0 Å². The van der Waals surface area contributed by atoms with Crippen molar-refractivity contribution in [3.05, 3.63) is 42.0 Å². The van der Waals surface area contributed by atoms with Gasteiger partial charge in [-0.25, -0.2) is 4.98 Å². The lowest BCUT2D eigenvalue weighted by atomic mass is 10.2. The molecule has 0 aliphatic carbocycles. The number of rotatable bonds is 5. The molecule has 0 saturated carbocycles. The van der Waals surface area contributed by atoms with Gasteiger partial charge in [0.05, 0.1) is 0 Å². The van der Waals surface area contributed by atoms with E-state index in [1.54, 1.807) is 11.8 Å². The minimum absolute atomic E-state index is 0.163. The van der Waals surface area contributed by atoms with Crippen LogP contribution in [-0.4, -0.2) is 27.6 Å². The third-order valence-electron chi connectivity index (χ3n) is 2.84. The molecule has 100 valence electrons. The van der Waals surface area contributed by atoms with Crippen LogP contribution >= 0.6 is 0 Å². The van der Waals surface area contributed by atoms with Gasteiger partial charge in [0.25, 0.3) is 5.91 Å². The van der Waals surface area contributed by atoms with Gasteiger partial charge in [-0.2, -0.15) is 0 Å². The van der Waals surface area contributed by atoms with E-state index in [9.17, 15) is 4.79 Å². The molecule has 0 aliphatic rings. The molecule has 1 amide bonds. The quantitative estimate of drug-likeness (QED) is 0.896. The topological polar surface area (TPSA) is 61.9 Å². The number of anilines is 1. The second-order valence-electron chi connectivity index (χ2n) is 4.39. The molecule has 0 fully saturated rings. The number of H-pyrrole nitrogens is 1. The Hall–Kier alpha value is -2.17. The molecule has 0 spiro atoms. The predicted molar refractivity (Wildman–Crippen MR) is 74.1 cm³/mol. The van der Waals surface area contributed by atoms with Crippen LogP contribution < -0.4 is 4.90 Å². The number of hydrogen-bond acceptors (Lipinski definition) is 3. The number of nitrogens with zero attached hydrogens (tertiary/aromatic N) is 3. The summed E-state index contributed by atoms with van der Waals surface area (Å²) in [5.41, 5.74) is 0.878. The van der Waals surface area contributed by atoms with Crippen molar-refractivity contribution in [1.82, 2.24) is 15.2 Å². The van der Waals surface area contributed by atoms with Gasteiger partial charge in [0.1, 0.15) is 5.82 Å². The lowest BCUT2D eigenvalue weighted by Crippen LogP contribution is -2.32. The molecule has 1 heterocycles. The summed E-state index contributed by atoms with van der Waals surface area (Å²) in [6, 6.07) is 9.62. The first-order valence-electron chi connectivity index (χ1n) is 6.48. The Morgan fingerprint density at radius 2 is 2.05 bits per heavy atom. The zero-order chi connectivity index (χ0) is 13.7. The van der Waals surface area contributed by atoms with Crippen LogP contribution in [0.25, 0.3) is 0 Å². The number of carbonyl (C=O) groups excluding carboxylic acids is 1. The van der Waals surface area contributed by atoms with E-state index >= 15 is 0 Å². The van der Waals surface area contributed by atoms with E-state index in [1.165, 1.54) is 0 Å². The molecular formula is C14H18N4O. The van der Waals surface area contributed by atoms with E-state index in [0.717, 1.165) is 18.5 Å². The van der Waals surface area contributed by atoms with Crippen LogP contribution in [-0.2, 0) is 0 Å². The molecule has 0 unspecified atom stereocenters. The van der Waals surface area contributed by atoms with E-state index in [0.29, 0.717) is 12.4 Å². The maximum Gasteiger partial charge on any atom is 0.297 e. The molecule has 1 aromatic carbocycles. The first-order chi connectivity index (χ1) is 9.22. The highest BCUT2D eigenvalue weighted by Gasteiger charge is 2.20. The molecule has 0 saturated heterocycles. The van der Waals surface area contributed by atoms with Gasteiger partial charge in [0.15, 0.2) is 0 Å². The minimum Gasteiger partial charge on any atom is -0.306 e. The molecule has 0 radical (unpaired) electrons. The maximum atomic E-state index is 12.4. The standard InChI is InChI=1S/C14H18N4O/c1-3-4-10-18(12-8-6-5-7-9-12)14(19)13-15-11(2)16-17-13/h5-9H,3-4,10H2,1-2H3,(H,15,16,17). The zero-order valence-electron chi connectivity index (χ0n) is 11.3. The Balaban J connectivity index is 2.25. The van der Waals surface area contributed by atoms with Gasteiger partial charge in [-0.1, -0.05) is 31.5 Å². The number of nitrogens with one attached hydrogen (secondary N) is 1. The van der Waals surface area contributed by atoms with Gasteiger partial charge in [-0.15, -0.1) is 5.10 Å². The summed E-state index contributed by atoms with van der Waals surface area (Å²) < 4.78 is 0. The fraction of sp³-hybridized carbons (Fsp3) is 0.357. The number of benzene rings is 1. The van der Waals surface area contributed by atoms with Gasteiger partial charge in [-0.05, 0) is 25.5 Å². The smallest absolute Gasteiger partial charge is 0.297 e. The number of carbonyl (C=O) groups is 1. The summed E-state index contributed by atoms with van der Waals surface area (Å²) in [5.74, 6) is 0.702. The molecule has 0 atom stereocenters. The first kappa shape index (κ1) is 13.3. The Morgan fingerprint density at radius 3 is 2.63 bits per heavy atom. The van der Waals surface area contributed by atoms with Gasteiger partial charge >= 0.3 is 0 Å². The monoisotopic (exact) mass is 258 g/mol. The number of para-hydroxylation sites is 1. The van der Waals surface area contributed by atoms with Crippen molar-refractivity contribution in [1.29, 1.82) is 0 Å². The molecule has 0 bridgehead atoms. The molecule has 1 N–H and O–H groups in total. The third kappa shape index (κ3) is 3.19. The zero-order valence-corrected chi connectivity index (χ0v) is 11.3. The summed E-state index contributed by atoms with van der Waals surface area (Å²) in [4.78, 5) is 18.3. The van der Waals surface area contributed by atoms with Crippen molar-refractivity contribution in [2.45, 2.75) is 26.7 Å². The second kappa shape index (κ2) is 6.13. The summed E-state index contributed by atoms with van der Waals surface area (Å²) in [5, 5.41) is 6.65. The Morgan fingerprint density at radius 1 is 1.32 bits per heavy atom. The summed E-state index contributed by atoms with van der Waals surface area (Å²) in [6.45, 7) is 4.56. The van der Waals surface area contributed by atoms with Gasteiger partial charge in [0, 0.05) is 12.2 Å². The lowest BCUT2D eigenvalue weighted by Gasteiger charge is -2.21. The lowest BCUT2D eigenvalue weighted by molar-refractivity contribution is 0.0977. The van der Waals surface area contributed by atoms with Crippen molar-refractivity contribution in [2.75, 3.05) is 11.4 Å². The minimum atomic E-state index is -0.163. The number of aromatic amines is 1. The molecule has 2 rings (SSSR count). The number of hydrogen-bond donors (Lipinski definition) is 1. The molecule has 1 aromatic heterocycles. The van der Waals surface area contributed by atoms with E-state index in [2.05, 4.69) is 22.1 Å². The Bertz CT molecular complexity index is 535. The number of aromatic nitrogens is 3. The Kier molecular flexibility index (Phi) is 4.28. The SMILES string of the molecule is CCCCN(C(=O)c1n[nH]c(C)n1)c1ccccc1. The van der Waals surface area contributed by atoms with E-state index in [-0.39, 0.29) is 11.7 Å². The van der Waals surface area contributed by atoms with Crippen molar-refractivity contribution < 1.29 is 4.79 Å². The predicted octanol–water partition coefficient (Wildman–Crippen LogP) is 2.56. The summed E-state index contributed by atoms with van der Waals surface area (Å²) in [7, 11) is 0. The highest BCUT2D eigenvalue weighted by molar-refractivity contribution is 6.03. The first-order valence-corrected chi connectivity index (χ1v) is 6.48. The fourth-order valence-electron chi connectivity index (χ4n) is 1.83. The molecule has 5 nitrogen and oxygen atoms in total. The van der Waals surface area contributed by atoms with Crippen molar-refractivity contribution in [3.63, 3.8) is 0 Å². The molecule has 2 aromatic rings. The van der Waals surface area contributed by atoms with Crippen molar-refractivity contribution >= 4 is 11.6 Å². The van der Waals surface area contributed by atoms with Crippen molar-refractivity contribution in [3.8, 4) is 0 Å². The van der Waals surface area contributed by atoms with E-state index in [4.69, 9.17) is 0 Å². The molecule has 5 heteroatoms. The van der Waals surface area contributed by atoms with Crippen LogP contribution in [0.15, 0.2) is 30.3 Å². The third-order valence-corrected chi connectivity index (χ3v) is 2.84. The largest absolute Gasteiger partial charge is 0.306 e. The molecule has 19 heavy (non-hydrogen) atoms. The molecular weight excluding hydrogens is 240 g/mol. The second-order valence-corrected chi connectivity index (χ2v) is 4.39. The Labute approximate surface area is 112 Å². The summed E-state index contributed by atoms with van der Waals surface area (Å²) in [6.07, 6.45) is 1.98.